The standard InChI is InChI=1S/C10H3Cl4NO2/c11-4-2-1-3(15-4)5-6(12)10(17)8(14)7(13)9(5)16/h1-2,15H. The summed E-state index contributed by atoms with van der Waals surface area (Å²) in [7, 11) is 0. The van der Waals surface area contributed by atoms with Crippen molar-refractivity contribution in [3.63, 3.8) is 0 Å². The summed E-state index contributed by atoms with van der Waals surface area (Å²) < 4.78 is 0. The third-order valence-electron chi connectivity index (χ3n) is 2.16. The van der Waals surface area contributed by atoms with E-state index in [2.05, 4.69) is 4.98 Å². The SMILES string of the molecule is O=C1C(Cl)=C(Cl)C(=O)C(c2ccc(Cl)[nH]2)=C1Cl. The van der Waals surface area contributed by atoms with E-state index >= 15 is 0 Å². The number of H-pyrrole nitrogens is 1. The lowest BCUT2D eigenvalue weighted by molar-refractivity contribution is -0.114. The van der Waals surface area contributed by atoms with Crippen LogP contribution >= 0.6 is 46.4 Å². The van der Waals surface area contributed by atoms with E-state index in [1.807, 2.05) is 0 Å². The number of carbonyl (C=O) groups excluding carboxylic acids is 2. The fourth-order valence-corrected chi connectivity index (χ4v) is 2.23. The molecule has 1 heterocycles. The zero-order valence-corrected chi connectivity index (χ0v) is 11.0. The Hall–Kier alpha value is -0.740. The number of allylic oxidation sites excluding steroid dienone is 4. The summed E-state index contributed by atoms with van der Waals surface area (Å²) in [5.41, 5.74) is 0.290. The van der Waals surface area contributed by atoms with Crippen LogP contribution in [0.15, 0.2) is 27.2 Å². The normalized spacial score (nSPS) is 17.2. The van der Waals surface area contributed by atoms with E-state index in [4.69, 9.17) is 46.4 Å². The highest BCUT2D eigenvalue weighted by molar-refractivity contribution is 6.68. The number of halogens is 4. The predicted octanol–water partition coefficient (Wildman–Crippen LogP) is 3.46. The fourth-order valence-electron chi connectivity index (χ4n) is 1.37. The lowest BCUT2D eigenvalue weighted by Gasteiger charge is -2.13. The van der Waals surface area contributed by atoms with Gasteiger partial charge in [0, 0.05) is 0 Å². The molecule has 0 aromatic carbocycles. The summed E-state index contributed by atoms with van der Waals surface area (Å²) in [5.74, 6) is -1.29. The molecule has 17 heavy (non-hydrogen) atoms. The van der Waals surface area contributed by atoms with Crippen molar-refractivity contribution in [3.05, 3.63) is 38.1 Å². The van der Waals surface area contributed by atoms with E-state index in [-0.39, 0.29) is 20.7 Å². The van der Waals surface area contributed by atoms with Crippen LogP contribution in [0.25, 0.3) is 5.57 Å². The maximum absolute atomic E-state index is 11.9. The zero-order valence-electron chi connectivity index (χ0n) is 7.98. The van der Waals surface area contributed by atoms with E-state index in [1.165, 1.54) is 12.1 Å². The molecule has 88 valence electrons. The number of carbonyl (C=O) groups is 2. The van der Waals surface area contributed by atoms with Crippen LogP contribution in [0.2, 0.25) is 5.15 Å². The molecule has 1 aliphatic rings. The summed E-state index contributed by atoms with van der Waals surface area (Å²) in [4.78, 5) is 26.2. The molecular formula is C10H3Cl4NO2. The largest absolute Gasteiger partial charge is 0.345 e. The van der Waals surface area contributed by atoms with Crippen molar-refractivity contribution >= 4 is 63.5 Å². The van der Waals surface area contributed by atoms with Crippen LogP contribution in [0.1, 0.15) is 5.69 Å². The Morgan fingerprint density at radius 1 is 0.824 bits per heavy atom. The number of aromatic nitrogens is 1. The molecule has 2 rings (SSSR count). The van der Waals surface area contributed by atoms with Crippen molar-refractivity contribution in [1.29, 1.82) is 0 Å². The summed E-state index contributed by atoms with van der Waals surface area (Å²) in [6.07, 6.45) is 0. The summed E-state index contributed by atoms with van der Waals surface area (Å²) in [6.45, 7) is 0. The van der Waals surface area contributed by atoms with Gasteiger partial charge in [-0.25, -0.2) is 0 Å². The van der Waals surface area contributed by atoms with Crippen LogP contribution < -0.4 is 0 Å². The van der Waals surface area contributed by atoms with Gasteiger partial charge in [0.1, 0.15) is 20.2 Å². The molecule has 0 spiro atoms. The summed E-state index contributed by atoms with van der Waals surface area (Å²) >= 11 is 22.7. The van der Waals surface area contributed by atoms with Crippen molar-refractivity contribution in [2.75, 3.05) is 0 Å². The van der Waals surface area contributed by atoms with Crippen molar-refractivity contribution in [3.8, 4) is 0 Å². The molecule has 1 aromatic heterocycles. The van der Waals surface area contributed by atoms with Crippen molar-refractivity contribution in [1.82, 2.24) is 4.98 Å². The average Bonchev–Trinajstić information content (AvgIpc) is 2.71. The maximum Gasteiger partial charge on any atom is 0.218 e. The lowest BCUT2D eigenvalue weighted by Crippen LogP contribution is -2.17. The molecule has 0 fully saturated rings. The van der Waals surface area contributed by atoms with E-state index in [0.717, 1.165) is 0 Å². The van der Waals surface area contributed by atoms with E-state index < -0.39 is 11.6 Å². The second kappa shape index (κ2) is 4.50. The highest BCUT2D eigenvalue weighted by Crippen LogP contribution is 2.36. The van der Waals surface area contributed by atoms with Gasteiger partial charge in [0.15, 0.2) is 0 Å². The summed E-state index contributed by atoms with van der Waals surface area (Å²) in [6, 6.07) is 3.05. The number of aromatic amines is 1. The fraction of sp³-hybridized carbons (Fsp3) is 0. The maximum atomic E-state index is 11.9. The van der Waals surface area contributed by atoms with Crippen molar-refractivity contribution in [2.24, 2.45) is 0 Å². The Morgan fingerprint density at radius 2 is 1.41 bits per heavy atom. The van der Waals surface area contributed by atoms with Gasteiger partial charge in [-0.15, -0.1) is 0 Å². The Morgan fingerprint density at radius 3 is 1.94 bits per heavy atom. The third-order valence-corrected chi connectivity index (χ3v) is 3.56. The molecule has 0 unspecified atom stereocenters. The van der Waals surface area contributed by atoms with Crippen LogP contribution in [-0.4, -0.2) is 16.6 Å². The molecule has 3 nitrogen and oxygen atoms in total. The highest BCUT2D eigenvalue weighted by Gasteiger charge is 2.33. The first-order chi connectivity index (χ1) is 7.93. The highest BCUT2D eigenvalue weighted by atomic mass is 35.5. The molecule has 0 saturated heterocycles. The molecule has 1 aromatic rings. The number of rotatable bonds is 1. The van der Waals surface area contributed by atoms with Gasteiger partial charge in [0.05, 0.1) is 11.3 Å². The van der Waals surface area contributed by atoms with Crippen LogP contribution in [-0.2, 0) is 9.59 Å². The minimum atomic E-state index is -0.682. The average molecular weight is 311 g/mol. The van der Waals surface area contributed by atoms with Gasteiger partial charge in [-0.3, -0.25) is 9.59 Å². The minimum Gasteiger partial charge on any atom is -0.345 e. The molecule has 7 heteroatoms. The number of hydrogen-bond acceptors (Lipinski definition) is 2. The number of ketones is 2. The van der Waals surface area contributed by atoms with E-state index in [9.17, 15) is 9.59 Å². The molecule has 0 atom stereocenters. The third kappa shape index (κ3) is 2.04. The predicted molar refractivity (Wildman–Crippen MR) is 67.3 cm³/mol. The topological polar surface area (TPSA) is 49.9 Å². The molecule has 0 radical (unpaired) electrons. The van der Waals surface area contributed by atoms with Gasteiger partial charge in [0.2, 0.25) is 11.6 Å². The summed E-state index contributed by atoms with van der Waals surface area (Å²) in [5, 5.41) is -0.679. The first-order valence-electron chi connectivity index (χ1n) is 4.32. The Labute approximate surface area is 116 Å². The zero-order chi connectivity index (χ0) is 12.7. The molecule has 0 amide bonds. The number of hydrogen-bond donors (Lipinski definition) is 1. The van der Waals surface area contributed by atoms with Crippen LogP contribution in [0, 0.1) is 0 Å². The molecule has 1 aliphatic carbocycles. The van der Waals surface area contributed by atoms with Gasteiger partial charge < -0.3 is 4.98 Å². The quantitative estimate of drug-likeness (QED) is 0.808. The van der Waals surface area contributed by atoms with Gasteiger partial charge in [0.25, 0.3) is 0 Å². The smallest absolute Gasteiger partial charge is 0.218 e. The van der Waals surface area contributed by atoms with Gasteiger partial charge >= 0.3 is 0 Å². The Bertz CT molecular complexity index is 597. The van der Waals surface area contributed by atoms with Gasteiger partial charge in [-0.1, -0.05) is 46.4 Å². The first-order valence-corrected chi connectivity index (χ1v) is 5.84. The van der Waals surface area contributed by atoms with Crippen LogP contribution in [0.3, 0.4) is 0 Å². The number of nitrogens with one attached hydrogen (secondary N) is 1. The van der Waals surface area contributed by atoms with Gasteiger partial charge in [-0.2, -0.15) is 0 Å². The molecule has 0 aliphatic heterocycles. The van der Waals surface area contributed by atoms with Crippen LogP contribution in [0.5, 0.6) is 0 Å². The Kier molecular flexibility index (Phi) is 3.36. The molecule has 0 bridgehead atoms. The lowest BCUT2D eigenvalue weighted by atomic mass is 10.0. The second-order valence-electron chi connectivity index (χ2n) is 3.20. The van der Waals surface area contributed by atoms with E-state index in [1.54, 1.807) is 0 Å². The molecule has 1 N–H and O–H groups in total. The van der Waals surface area contributed by atoms with Gasteiger partial charge in [-0.05, 0) is 12.1 Å². The monoisotopic (exact) mass is 309 g/mol. The number of Topliss-reactive ketones (excluding diaryl/α,β-unsaturated/α-hetero) is 2. The van der Waals surface area contributed by atoms with E-state index in [0.29, 0.717) is 10.8 Å². The molecular weight excluding hydrogens is 308 g/mol. The second-order valence-corrected chi connectivity index (χ2v) is 4.74. The van der Waals surface area contributed by atoms with Crippen molar-refractivity contribution in [2.45, 2.75) is 0 Å². The Balaban J connectivity index is 2.61. The first kappa shape index (κ1) is 12.7. The van der Waals surface area contributed by atoms with Crippen LogP contribution in [0.4, 0.5) is 0 Å². The minimum absolute atomic E-state index is 0.0297. The molecule has 0 saturated carbocycles. The van der Waals surface area contributed by atoms with Crippen molar-refractivity contribution < 1.29 is 9.59 Å².